The SMILES string of the molecule is COCC(=O)Oc1ccccc1I. The van der Waals surface area contributed by atoms with E-state index in [0.717, 1.165) is 3.57 Å². The minimum Gasteiger partial charge on any atom is -0.424 e. The third-order valence-corrected chi connectivity index (χ3v) is 2.21. The third kappa shape index (κ3) is 3.31. The van der Waals surface area contributed by atoms with Crippen molar-refractivity contribution in [2.24, 2.45) is 0 Å². The van der Waals surface area contributed by atoms with Crippen LogP contribution in [0.2, 0.25) is 0 Å². The lowest BCUT2D eigenvalue weighted by Gasteiger charge is -2.04. The Kier molecular flexibility index (Phi) is 4.17. The van der Waals surface area contributed by atoms with Crippen LogP contribution in [0.1, 0.15) is 0 Å². The van der Waals surface area contributed by atoms with Gasteiger partial charge >= 0.3 is 5.97 Å². The number of benzene rings is 1. The molecule has 0 saturated heterocycles. The first-order valence-corrected chi connectivity index (χ1v) is 4.76. The second-order valence-electron chi connectivity index (χ2n) is 2.34. The molecule has 1 aromatic rings. The van der Waals surface area contributed by atoms with Gasteiger partial charge in [0.15, 0.2) is 0 Å². The van der Waals surface area contributed by atoms with Crippen molar-refractivity contribution in [3.63, 3.8) is 0 Å². The van der Waals surface area contributed by atoms with E-state index >= 15 is 0 Å². The molecule has 1 aromatic carbocycles. The number of hydrogen-bond donors (Lipinski definition) is 0. The Balaban J connectivity index is 2.63. The molecule has 0 aliphatic heterocycles. The van der Waals surface area contributed by atoms with Gasteiger partial charge in [-0.15, -0.1) is 0 Å². The van der Waals surface area contributed by atoms with Crippen LogP contribution in [0.3, 0.4) is 0 Å². The van der Waals surface area contributed by atoms with Gasteiger partial charge < -0.3 is 9.47 Å². The first-order chi connectivity index (χ1) is 6.24. The maximum absolute atomic E-state index is 11.0. The summed E-state index contributed by atoms with van der Waals surface area (Å²) in [6.45, 7) is -0.0228. The van der Waals surface area contributed by atoms with Crippen LogP contribution < -0.4 is 4.74 Å². The summed E-state index contributed by atoms with van der Waals surface area (Å²) in [4.78, 5) is 11.0. The average molecular weight is 292 g/mol. The lowest BCUT2D eigenvalue weighted by molar-refractivity contribution is -0.138. The number of rotatable bonds is 3. The molecule has 0 spiro atoms. The van der Waals surface area contributed by atoms with Crippen molar-refractivity contribution < 1.29 is 14.3 Å². The predicted molar refractivity (Wildman–Crippen MR) is 56.7 cm³/mol. The fourth-order valence-corrected chi connectivity index (χ4v) is 1.29. The fourth-order valence-electron chi connectivity index (χ4n) is 0.797. The highest BCUT2D eigenvalue weighted by Gasteiger charge is 2.05. The summed E-state index contributed by atoms with van der Waals surface area (Å²) in [5.74, 6) is 0.191. The summed E-state index contributed by atoms with van der Waals surface area (Å²) in [5, 5.41) is 0. The summed E-state index contributed by atoms with van der Waals surface area (Å²) < 4.78 is 10.6. The van der Waals surface area contributed by atoms with Gasteiger partial charge in [0.2, 0.25) is 0 Å². The monoisotopic (exact) mass is 292 g/mol. The molecule has 0 bridgehead atoms. The molecule has 0 N–H and O–H groups in total. The van der Waals surface area contributed by atoms with E-state index < -0.39 is 0 Å². The number of carbonyl (C=O) groups is 1. The summed E-state index contributed by atoms with van der Waals surface area (Å²) in [5.41, 5.74) is 0. The minimum atomic E-state index is -0.383. The van der Waals surface area contributed by atoms with Crippen LogP contribution in [0.15, 0.2) is 24.3 Å². The molecule has 0 aliphatic rings. The van der Waals surface area contributed by atoms with E-state index in [0.29, 0.717) is 5.75 Å². The van der Waals surface area contributed by atoms with Crippen molar-refractivity contribution in [3.8, 4) is 5.75 Å². The zero-order valence-electron chi connectivity index (χ0n) is 7.12. The van der Waals surface area contributed by atoms with Crippen molar-refractivity contribution in [3.05, 3.63) is 27.8 Å². The number of methoxy groups -OCH3 is 1. The van der Waals surface area contributed by atoms with Gasteiger partial charge in [0.25, 0.3) is 0 Å². The van der Waals surface area contributed by atoms with Crippen LogP contribution >= 0.6 is 22.6 Å². The third-order valence-electron chi connectivity index (χ3n) is 1.32. The number of carbonyl (C=O) groups excluding carboxylic acids is 1. The molecular formula is C9H9IO3. The highest BCUT2D eigenvalue weighted by Crippen LogP contribution is 2.19. The smallest absolute Gasteiger partial charge is 0.337 e. The molecule has 0 aliphatic carbocycles. The van der Waals surface area contributed by atoms with Crippen LogP contribution in [0, 0.1) is 3.57 Å². The number of para-hydroxylation sites is 1. The standard InChI is InChI=1S/C9H9IO3/c1-12-6-9(11)13-8-5-3-2-4-7(8)10/h2-5H,6H2,1H3. The Morgan fingerprint density at radius 3 is 2.77 bits per heavy atom. The predicted octanol–water partition coefficient (Wildman–Crippen LogP) is 1.84. The molecule has 0 heterocycles. The highest BCUT2D eigenvalue weighted by molar-refractivity contribution is 14.1. The molecule has 0 amide bonds. The van der Waals surface area contributed by atoms with Gasteiger partial charge in [0.1, 0.15) is 12.4 Å². The zero-order chi connectivity index (χ0) is 9.68. The molecule has 70 valence electrons. The van der Waals surface area contributed by atoms with Gasteiger partial charge in [0, 0.05) is 7.11 Å². The average Bonchev–Trinajstić information content (AvgIpc) is 2.09. The molecule has 0 aromatic heterocycles. The zero-order valence-corrected chi connectivity index (χ0v) is 9.28. The minimum absolute atomic E-state index is 0.0228. The second kappa shape index (κ2) is 5.18. The molecule has 0 radical (unpaired) electrons. The van der Waals surface area contributed by atoms with E-state index in [1.165, 1.54) is 7.11 Å². The summed E-state index contributed by atoms with van der Waals surface area (Å²) in [6, 6.07) is 7.32. The van der Waals surface area contributed by atoms with E-state index in [1.807, 2.05) is 18.2 Å². The van der Waals surface area contributed by atoms with Gasteiger partial charge in [-0.05, 0) is 34.7 Å². The van der Waals surface area contributed by atoms with E-state index in [9.17, 15) is 4.79 Å². The van der Waals surface area contributed by atoms with Crippen molar-refractivity contribution in [2.45, 2.75) is 0 Å². The maximum Gasteiger partial charge on any atom is 0.337 e. The Morgan fingerprint density at radius 2 is 2.15 bits per heavy atom. The quantitative estimate of drug-likeness (QED) is 0.484. The molecule has 13 heavy (non-hydrogen) atoms. The lowest BCUT2D eigenvalue weighted by atomic mass is 10.3. The topological polar surface area (TPSA) is 35.5 Å². The van der Waals surface area contributed by atoms with Crippen molar-refractivity contribution in [1.29, 1.82) is 0 Å². The van der Waals surface area contributed by atoms with Gasteiger partial charge in [0.05, 0.1) is 3.57 Å². The second-order valence-corrected chi connectivity index (χ2v) is 3.50. The number of halogens is 1. The van der Waals surface area contributed by atoms with E-state index in [4.69, 9.17) is 4.74 Å². The van der Waals surface area contributed by atoms with Crippen molar-refractivity contribution in [1.82, 2.24) is 0 Å². The maximum atomic E-state index is 11.0. The number of esters is 1. The molecule has 1 rings (SSSR count). The van der Waals surface area contributed by atoms with Gasteiger partial charge in [-0.3, -0.25) is 0 Å². The Labute approximate surface area is 90.2 Å². The summed E-state index contributed by atoms with van der Waals surface area (Å²) >= 11 is 2.10. The van der Waals surface area contributed by atoms with Gasteiger partial charge in [-0.25, -0.2) is 4.79 Å². The Bertz CT molecular complexity index is 299. The fraction of sp³-hybridized carbons (Fsp3) is 0.222. The van der Waals surface area contributed by atoms with Crippen molar-refractivity contribution >= 4 is 28.6 Å². The van der Waals surface area contributed by atoms with E-state index in [-0.39, 0.29) is 12.6 Å². The van der Waals surface area contributed by atoms with Gasteiger partial charge in [-0.2, -0.15) is 0 Å². The summed E-state index contributed by atoms with van der Waals surface area (Å²) in [7, 11) is 1.46. The lowest BCUT2D eigenvalue weighted by Crippen LogP contribution is -2.14. The van der Waals surface area contributed by atoms with E-state index in [2.05, 4.69) is 27.3 Å². The molecule has 0 atom stereocenters. The molecule has 3 nitrogen and oxygen atoms in total. The Hall–Kier alpha value is -0.620. The largest absolute Gasteiger partial charge is 0.424 e. The van der Waals surface area contributed by atoms with Crippen LogP contribution in [-0.4, -0.2) is 19.7 Å². The normalized spacial score (nSPS) is 9.69. The molecule has 0 saturated carbocycles. The number of hydrogen-bond acceptors (Lipinski definition) is 3. The molecule has 0 unspecified atom stereocenters. The van der Waals surface area contributed by atoms with Crippen molar-refractivity contribution in [2.75, 3.05) is 13.7 Å². The van der Waals surface area contributed by atoms with Crippen LogP contribution in [0.5, 0.6) is 5.75 Å². The first kappa shape index (κ1) is 10.5. The van der Waals surface area contributed by atoms with Crippen LogP contribution in [-0.2, 0) is 9.53 Å². The summed E-state index contributed by atoms with van der Waals surface area (Å²) in [6.07, 6.45) is 0. The molecular weight excluding hydrogens is 283 g/mol. The van der Waals surface area contributed by atoms with Crippen LogP contribution in [0.4, 0.5) is 0 Å². The van der Waals surface area contributed by atoms with Crippen LogP contribution in [0.25, 0.3) is 0 Å². The first-order valence-electron chi connectivity index (χ1n) is 3.68. The number of ether oxygens (including phenoxy) is 2. The van der Waals surface area contributed by atoms with E-state index in [1.54, 1.807) is 6.07 Å². The Morgan fingerprint density at radius 1 is 1.46 bits per heavy atom. The highest BCUT2D eigenvalue weighted by atomic mass is 127. The van der Waals surface area contributed by atoms with Gasteiger partial charge in [-0.1, -0.05) is 12.1 Å². The molecule has 0 fully saturated rings. The molecule has 4 heteroatoms.